The largest absolute Gasteiger partial charge is 0.444 e. The fourth-order valence-corrected chi connectivity index (χ4v) is 4.66. The molecule has 0 heterocycles. The number of aryl methyl sites for hydroxylation is 4. The van der Waals surface area contributed by atoms with E-state index in [0.29, 0.717) is 17.7 Å². The molecule has 3 N–H and O–H groups in total. The number of ether oxygens (including phenoxy) is 1. The van der Waals surface area contributed by atoms with Gasteiger partial charge in [-0.25, -0.2) is 4.79 Å². The summed E-state index contributed by atoms with van der Waals surface area (Å²) in [6, 6.07) is 9.15. The van der Waals surface area contributed by atoms with Gasteiger partial charge in [-0.05, 0) is 83.1 Å². The molecular weight excluding hydrogens is 482 g/mol. The van der Waals surface area contributed by atoms with E-state index < -0.39 is 36.3 Å². The smallest absolute Gasteiger partial charge is 0.408 e. The van der Waals surface area contributed by atoms with E-state index in [0.717, 1.165) is 22.3 Å². The zero-order chi connectivity index (χ0) is 28.4. The van der Waals surface area contributed by atoms with Gasteiger partial charge in [0.1, 0.15) is 17.7 Å². The van der Waals surface area contributed by atoms with E-state index in [1.165, 1.54) is 0 Å². The second kappa shape index (κ2) is 11.6. The van der Waals surface area contributed by atoms with Crippen LogP contribution < -0.4 is 10.6 Å². The quantitative estimate of drug-likeness (QED) is 0.464. The first kappa shape index (κ1) is 29.2. The van der Waals surface area contributed by atoms with E-state index in [1.54, 1.807) is 25.7 Å². The Balaban J connectivity index is 2.06. The van der Waals surface area contributed by atoms with Crippen LogP contribution in [-0.4, -0.2) is 52.2 Å². The van der Waals surface area contributed by atoms with Crippen molar-refractivity contribution in [3.8, 4) is 0 Å². The highest BCUT2D eigenvalue weighted by molar-refractivity contribution is 6.00. The predicted molar refractivity (Wildman–Crippen MR) is 148 cm³/mol. The number of anilines is 1. The van der Waals surface area contributed by atoms with Crippen molar-refractivity contribution in [1.82, 2.24) is 10.2 Å². The Kier molecular flexibility index (Phi) is 8.87. The van der Waals surface area contributed by atoms with Crippen LogP contribution >= 0.6 is 0 Å². The molecule has 0 radical (unpaired) electrons. The van der Waals surface area contributed by atoms with E-state index in [9.17, 15) is 19.5 Å². The number of carbonyl (C=O) groups is 3. The van der Waals surface area contributed by atoms with Gasteiger partial charge >= 0.3 is 6.09 Å². The lowest BCUT2D eigenvalue weighted by Gasteiger charge is -2.35. The fourth-order valence-electron chi connectivity index (χ4n) is 4.66. The average molecular weight is 524 g/mol. The summed E-state index contributed by atoms with van der Waals surface area (Å²) < 4.78 is 5.32. The van der Waals surface area contributed by atoms with Crippen LogP contribution in [0.2, 0.25) is 0 Å². The van der Waals surface area contributed by atoms with Crippen molar-refractivity contribution < 1.29 is 24.2 Å². The third kappa shape index (κ3) is 6.92. The maximum absolute atomic E-state index is 14.1. The molecule has 1 aliphatic carbocycles. The number of rotatable bonds is 8. The van der Waals surface area contributed by atoms with Crippen LogP contribution in [0.3, 0.4) is 0 Å². The number of para-hydroxylation sites is 1. The number of hydrogen-bond donors (Lipinski definition) is 3. The number of amides is 3. The summed E-state index contributed by atoms with van der Waals surface area (Å²) >= 11 is 0. The molecule has 0 saturated heterocycles. The molecule has 4 atom stereocenters. The third-order valence-corrected chi connectivity index (χ3v) is 6.84. The highest BCUT2D eigenvalue weighted by Gasteiger charge is 2.48. The molecule has 8 nitrogen and oxygen atoms in total. The molecule has 1 fully saturated rings. The zero-order valence-electron chi connectivity index (χ0n) is 23.7. The lowest BCUT2D eigenvalue weighted by Crippen LogP contribution is -2.54. The van der Waals surface area contributed by atoms with Crippen LogP contribution in [0, 0.1) is 33.6 Å². The molecule has 3 amide bonds. The minimum atomic E-state index is -1.27. The third-order valence-electron chi connectivity index (χ3n) is 6.84. The molecule has 0 spiro atoms. The second-order valence-corrected chi connectivity index (χ2v) is 11.4. The molecule has 0 bridgehead atoms. The van der Waals surface area contributed by atoms with Crippen molar-refractivity contribution in [2.24, 2.45) is 5.92 Å². The van der Waals surface area contributed by atoms with Crippen molar-refractivity contribution in [2.45, 2.75) is 85.5 Å². The molecule has 206 valence electrons. The van der Waals surface area contributed by atoms with Crippen LogP contribution in [0.15, 0.2) is 36.4 Å². The highest BCUT2D eigenvalue weighted by atomic mass is 16.6. The predicted octanol–water partition coefficient (Wildman–Crippen LogP) is 4.72. The van der Waals surface area contributed by atoms with Gasteiger partial charge in [-0.3, -0.25) is 9.59 Å². The molecule has 38 heavy (non-hydrogen) atoms. The molecule has 2 aromatic carbocycles. The molecule has 4 unspecified atom stereocenters. The molecule has 1 aliphatic rings. The highest BCUT2D eigenvalue weighted by Crippen LogP contribution is 2.42. The Bertz CT molecular complexity index is 1180. The molecule has 3 rings (SSSR count). The van der Waals surface area contributed by atoms with Gasteiger partial charge in [-0.1, -0.05) is 48.9 Å². The fraction of sp³-hybridized carbons (Fsp3) is 0.500. The molecule has 8 heteroatoms. The molecule has 2 aromatic rings. The maximum atomic E-state index is 14.1. The van der Waals surface area contributed by atoms with Gasteiger partial charge in [-0.2, -0.15) is 0 Å². The van der Waals surface area contributed by atoms with E-state index in [4.69, 9.17) is 4.74 Å². The van der Waals surface area contributed by atoms with Gasteiger partial charge in [0.05, 0.1) is 6.61 Å². The number of benzene rings is 2. The van der Waals surface area contributed by atoms with E-state index in [2.05, 4.69) is 10.6 Å². The number of aliphatic hydroxyl groups excluding tert-OH is 1. The number of nitrogens with zero attached hydrogens (tertiary/aromatic N) is 1. The van der Waals surface area contributed by atoms with Gasteiger partial charge in [0.15, 0.2) is 0 Å². The van der Waals surface area contributed by atoms with E-state index in [-0.39, 0.29) is 17.9 Å². The van der Waals surface area contributed by atoms with Gasteiger partial charge in [-0.15, -0.1) is 0 Å². The van der Waals surface area contributed by atoms with Crippen LogP contribution in [0.1, 0.15) is 68.0 Å². The summed E-state index contributed by atoms with van der Waals surface area (Å²) in [7, 11) is 0. The van der Waals surface area contributed by atoms with Gasteiger partial charge in [0, 0.05) is 11.7 Å². The van der Waals surface area contributed by atoms with Crippen LogP contribution in [-0.2, 0) is 14.3 Å². The standard InChI is InChI=1S/C30H41N3O5/c1-17-12-13-18(2)22(14-17)26(27(35)32-25-19(3)10-9-11-20(25)4)33(24-15-21(24)5)28(36)23(16-34)31-29(37)38-30(6,7)8/h9-14,21,23-24,26,34H,15-16H2,1-8H3,(H,31,37)(H,32,35). The average Bonchev–Trinajstić information content (AvgIpc) is 3.54. The normalized spacial score (nSPS) is 18.2. The summed E-state index contributed by atoms with van der Waals surface area (Å²) in [5.41, 5.74) is 4.28. The molecule has 1 saturated carbocycles. The Morgan fingerprint density at radius 1 is 1.05 bits per heavy atom. The SMILES string of the molecule is Cc1ccc(C)c(C(C(=O)Nc2c(C)cccc2C)N(C(=O)C(CO)NC(=O)OC(C)(C)C)C2CC2C)c1. The Labute approximate surface area is 225 Å². The van der Waals surface area contributed by atoms with Crippen molar-refractivity contribution >= 4 is 23.6 Å². The first-order valence-corrected chi connectivity index (χ1v) is 13.1. The minimum Gasteiger partial charge on any atom is -0.444 e. The molecule has 0 aliphatic heterocycles. The van der Waals surface area contributed by atoms with Crippen LogP contribution in [0.5, 0.6) is 0 Å². The van der Waals surface area contributed by atoms with E-state index >= 15 is 0 Å². The number of nitrogens with one attached hydrogen (secondary N) is 2. The summed E-state index contributed by atoms with van der Waals surface area (Å²) in [5, 5.41) is 15.7. The zero-order valence-corrected chi connectivity index (χ0v) is 23.7. The monoisotopic (exact) mass is 523 g/mol. The summed E-state index contributed by atoms with van der Waals surface area (Å²) in [4.78, 5) is 42.2. The minimum absolute atomic E-state index is 0.167. The summed E-state index contributed by atoms with van der Waals surface area (Å²) in [6.45, 7) is 14.2. The topological polar surface area (TPSA) is 108 Å². The van der Waals surface area contributed by atoms with Crippen molar-refractivity contribution in [3.63, 3.8) is 0 Å². The van der Waals surface area contributed by atoms with Gasteiger partial charge < -0.3 is 25.4 Å². The van der Waals surface area contributed by atoms with Crippen molar-refractivity contribution in [1.29, 1.82) is 0 Å². The Morgan fingerprint density at radius 2 is 1.66 bits per heavy atom. The lowest BCUT2D eigenvalue weighted by atomic mass is 9.95. The number of carbonyl (C=O) groups excluding carboxylic acids is 3. The van der Waals surface area contributed by atoms with Crippen molar-refractivity contribution in [3.05, 3.63) is 64.2 Å². The van der Waals surface area contributed by atoms with Gasteiger partial charge in [0.2, 0.25) is 5.91 Å². The van der Waals surface area contributed by atoms with E-state index in [1.807, 2.05) is 71.0 Å². The summed E-state index contributed by atoms with van der Waals surface area (Å²) in [5.74, 6) is -0.715. The van der Waals surface area contributed by atoms with Gasteiger partial charge in [0.25, 0.3) is 5.91 Å². The second-order valence-electron chi connectivity index (χ2n) is 11.4. The summed E-state index contributed by atoms with van der Waals surface area (Å²) in [6.07, 6.45) is -0.0917. The lowest BCUT2D eigenvalue weighted by molar-refractivity contribution is -0.142. The van der Waals surface area contributed by atoms with Crippen molar-refractivity contribution in [2.75, 3.05) is 11.9 Å². The first-order chi connectivity index (χ1) is 17.7. The Hall–Kier alpha value is -3.39. The van der Waals surface area contributed by atoms with Crippen LogP contribution in [0.4, 0.5) is 10.5 Å². The number of aliphatic hydroxyl groups is 1. The molecular formula is C30H41N3O5. The van der Waals surface area contributed by atoms with Crippen LogP contribution in [0.25, 0.3) is 0 Å². The number of hydrogen-bond acceptors (Lipinski definition) is 5. The number of alkyl carbamates (subject to hydrolysis) is 1. The maximum Gasteiger partial charge on any atom is 0.408 e. The molecule has 0 aromatic heterocycles. The first-order valence-electron chi connectivity index (χ1n) is 13.1. The Morgan fingerprint density at radius 3 is 2.18 bits per heavy atom.